The van der Waals surface area contributed by atoms with Gasteiger partial charge >= 0.3 is 7.82 Å². The van der Waals surface area contributed by atoms with Gasteiger partial charge in [0.25, 0.3) is 0 Å². The van der Waals surface area contributed by atoms with Gasteiger partial charge in [0.15, 0.2) is 5.82 Å². The number of benzene rings is 1. The van der Waals surface area contributed by atoms with Gasteiger partial charge in [0.2, 0.25) is 0 Å². The third-order valence-electron chi connectivity index (χ3n) is 4.09. The summed E-state index contributed by atoms with van der Waals surface area (Å²) in [7, 11) is -4.64. The molecule has 17 heteroatoms. The largest absolute Gasteiger partial charge is 0.466 e. The molecule has 186 valence electrons. The molecule has 0 aliphatic heterocycles. The minimum absolute atomic E-state index is 0. The zero-order valence-corrected chi connectivity index (χ0v) is 17.7. The number of halogens is 3. The zero-order valence-electron chi connectivity index (χ0n) is 16.8. The predicted octanol–water partition coefficient (Wildman–Crippen LogP) is -1.23. The van der Waals surface area contributed by atoms with Crippen LogP contribution in [-0.2, 0) is 16.7 Å². The second-order valence-corrected chi connectivity index (χ2v) is 7.16. The van der Waals surface area contributed by atoms with E-state index >= 15 is 0 Å². The molecule has 2 unspecified atom stereocenters. The van der Waals surface area contributed by atoms with Gasteiger partial charge in [0, 0.05) is 17.5 Å². The summed E-state index contributed by atoms with van der Waals surface area (Å²) in [6.07, 6.45) is 4.66. The maximum absolute atomic E-state index is 14.4. The van der Waals surface area contributed by atoms with Gasteiger partial charge in [-0.05, 0) is 6.07 Å². The maximum atomic E-state index is 14.4. The van der Waals surface area contributed by atoms with Crippen molar-refractivity contribution in [2.24, 2.45) is 0 Å². The highest BCUT2D eigenvalue weighted by molar-refractivity contribution is 7.45. The molecule has 33 heavy (non-hydrogen) atoms. The minimum atomic E-state index is -4.64. The molecule has 0 radical (unpaired) electrons. The molecule has 3 rings (SSSR count). The molecule has 0 bridgehead atoms. The monoisotopic (exact) mass is 501 g/mol. The van der Waals surface area contributed by atoms with E-state index in [2.05, 4.69) is 20.1 Å². The van der Waals surface area contributed by atoms with Crippen molar-refractivity contribution in [2.75, 3.05) is 0 Å². The van der Waals surface area contributed by atoms with Gasteiger partial charge in [-0.2, -0.15) is 5.10 Å². The van der Waals surface area contributed by atoms with Crippen LogP contribution in [0.2, 0.25) is 0 Å². The van der Waals surface area contributed by atoms with Gasteiger partial charge in [0.05, 0.1) is 18.4 Å². The lowest BCUT2D eigenvalue weighted by atomic mass is 9.79. The Labute approximate surface area is 184 Å². The summed E-state index contributed by atoms with van der Waals surface area (Å²) in [5.74, 6) is -3.47. The Morgan fingerprint density at radius 3 is 2.15 bits per heavy atom. The summed E-state index contributed by atoms with van der Waals surface area (Å²) in [5, 5.41) is 15.2. The number of aliphatic hydroxyl groups is 1. The van der Waals surface area contributed by atoms with Gasteiger partial charge in [-0.3, -0.25) is 0 Å². The average Bonchev–Trinajstić information content (AvgIpc) is 3.12. The molecule has 10 N–H and O–H groups in total. The van der Waals surface area contributed by atoms with Crippen LogP contribution < -0.4 is 0 Å². The first-order valence-corrected chi connectivity index (χ1v) is 9.72. The van der Waals surface area contributed by atoms with E-state index in [0.29, 0.717) is 6.07 Å². The van der Waals surface area contributed by atoms with Crippen LogP contribution in [0.15, 0.2) is 43.4 Å². The van der Waals surface area contributed by atoms with Crippen LogP contribution in [0, 0.1) is 17.5 Å². The fraction of sp³-hybridized carbons (Fsp3) is 0.250. The second-order valence-electron chi connectivity index (χ2n) is 6.13. The number of nitrogens with zero attached hydrogens (tertiary/aromatic N) is 5. The SMILES string of the molecule is CC(c1ncncc1F)C(O)(Cn1cncn1)c1ccc(F)cc1F.O.O.O.O=P(O)(O)O. The molecule has 2 heterocycles. The van der Waals surface area contributed by atoms with Crippen molar-refractivity contribution in [3.05, 3.63) is 72.1 Å². The smallest absolute Gasteiger partial charge is 0.412 e. The summed E-state index contributed by atoms with van der Waals surface area (Å²) in [5.41, 5.74) is -2.25. The van der Waals surface area contributed by atoms with Gasteiger partial charge in [-0.15, -0.1) is 0 Å². The van der Waals surface area contributed by atoms with E-state index in [-0.39, 0.29) is 34.2 Å². The number of rotatable bonds is 5. The molecule has 0 spiro atoms. The van der Waals surface area contributed by atoms with Crippen LogP contribution in [0.3, 0.4) is 0 Å². The summed E-state index contributed by atoms with van der Waals surface area (Å²) < 4.78 is 51.9. The summed E-state index contributed by atoms with van der Waals surface area (Å²) in [4.78, 5) is 32.8. The Morgan fingerprint density at radius 2 is 1.67 bits per heavy atom. The van der Waals surface area contributed by atoms with Crippen LogP contribution >= 0.6 is 7.82 Å². The Hall–Kier alpha value is -2.82. The third-order valence-corrected chi connectivity index (χ3v) is 4.09. The minimum Gasteiger partial charge on any atom is -0.412 e. The molecule has 13 nitrogen and oxygen atoms in total. The second kappa shape index (κ2) is 13.0. The van der Waals surface area contributed by atoms with Crippen LogP contribution in [0.25, 0.3) is 0 Å². The van der Waals surface area contributed by atoms with Crippen molar-refractivity contribution in [1.82, 2.24) is 24.7 Å². The van der Waals surface area contributed by atoms with Crippen molar-refractivity contribution in [3.63, 3.8) is 0 Å². The van der Waals surface area contributed by atoms with Crippen LogP contribution in [0.1, 0.15) is 24.1 Å². The molecule has 0 saturated heterocycles. The van der Waals surface area contributed by atoms with Crippen molar-refractivity contribution >= 4 is 7.82 Å². The molecule has 0 saturated carbocycles. The molecular formula is C16H23F3N5O8P. The topological polar surface area (TPSA) is 249 Å². The van der Waals surface area contributed by atoms with Crippen molar-refractivity contribution in [2.45, 2.75) is 25.0 Å². The quantitative estimate of drug-likeness (QED) is 0.305. The highest BCUT2D eigenvalue weighted by atomic mass is 31.2. The Bertz CT molecular complexity index is 1030. The first-order valence-electron chi connectivity index (χ1n) is 8.16. The fourth-order valence-corrected chi connectivity index (χ4v) is 2.72. The van der Waals surface area contributed by atoms with Crippen molar-refractivity contribution in [3.8, 4) is 0 Å². The predicted molar refractivity (Wildman–Crippen MR) is 106 cm³/mol. The van der Waals surface area contributed by atoms with Gasteiger partial charge in [-0.25, -0.2) is 37.4 Å². The summed E-state index contributed by atoms with van der Waals surface area (Å²) in [6, 6.07) is 2.80. The molecule has 0 amide bonds. The van der Waals surface area contributed by atoms with Crippen molar-refractivity contribution in [1.29, 1.82) is 0 Å². The zero-order chi connectivity index (χ0) is 22.5. The lowest BCUT2D eigenvalue weighted by Crippen LogP contribution is -2.39. The highest BCUT2D eigenvalue weighted by Gasteiger charge is 2.41. The molecule has 3 aromatic rings. The van der Waals surface area contributed by atoms with E-state index in [1.54, 1.807) is 0 Å². The Balaban J connectivity index is 0. The highest BCUT2D eigenvalue weighted by Crippen LogP contribution is 2.39. The van der Waals surface area contributed by atoms with Crippen LogP contribution in [-0.4, -0.2) is 60.9 Å². The van der Waals surface area contributed by atoms with Crippen molar-refractivity contribution < 1.29 is 54.0 Å². The molecule has 0 aliphatic rings. The average molecular weight is 501 g/mol. The molecule has 2 atom stereocenters. The summed E-state index contributed by atoms with van der Waals surface area (Å²) in [6.45, 7) is 1.26. The van der Waals surface area contributed by atoms with E-state index in [1.165, 1.54) is 24.3 Å². The number of phosphoric acid groups is 1. The Kier molecular flexibility index (Phi) is 12.8. The van der Waals surface area contributed by atoms with Gasteiger partial charge in [0.1, 0.15) is 36.2 Å². The van der Waals surface area contributed by atoms with Gasteiger partial charge in [-0.1, -0.05) is 13.0 Å². The first kappa shape index (κ1) is 32.4. The summed E-state index contributed by atoms with van der Waals surface area (Å²) >= 11 is 0. The molecule has 0 fully saturated rings. The van der Waals surface area contributed by atoms with E-state index in [0.717, 1.165) is 24.7 Å². The molecular weight excluding hydrogens is 478 g/mol. The van der Waals surface area contributed by atoms with E-state index in [4.69, 9.17) is 19.2 Å². The maximum Gasteiger partial charge on any atom is 0.466 e. The molecule has 0 aliphatic carbocycles. The third kappa shape index (κ3) is 8.91. The van der Waals surface area contributed by atoms with Crippen LogP contribution in [0.4, 0.5) is 13.2 Å². The lowest BCUT2D eigenvalue weighted by molar-refractivity contribution is -0.0133. The van der Waals surface area contributed by atoms with E-state index in [9.17, 15) is 18.3 Å². The number of aromatic nitrogens is 5. The van der Waals surface area contributed by atoms with E-state index < -0.39 is 36.8 Å². The molecule has 2 aromatic heterocycles. The first-order chi connectivity index (χ1) is 13.9. The number of hydrogen-bond acceptors (Lipinski definition) is 6. The number of hydrogen-bond donors (Lipinski definition) is 4. The van der Waals surface area contributed by atoms with Crippen LogP contribution in [0.5, 0.6) is 0 Å². The van der Waals surface area contributed by atoms with E-state index in [1.807, 2.05) is 0 Å². The lowest BCUT2D eigenvalue weighted by Gasteiger charge is -2.34. The fourth-order valence-electron chi connectivity index (χ4n) is 2.72. The van der Waals surface area contributed by atoms with Gasteiger partial charge < -0.3 is 36.2 Å². The standard InChI is InChI=1S/C16H14F3N5O.H3O4P.3H2O/c1-10(15-14(19)5-20-7-22-15)16(25,6-24-9-21-8-23-24)12-3-2-11(17)4-13(12)18;1-5(2,3)4;;;/h2-5,7-10,25H,6H2,1H3;(H3,1,2,3,4);3*1H2. The molecule has 1 aromatic carbocycles. The Morgan fingerprint density at radius 1 is 1.06 bits per heavy atom. The normalized spacial score (nSPS) is 13.1.